The van der Waals surface area contributed by atoms with Crippen LogP contribution in [0.1, 0.15) is 63.9 Å². The van der Waals surface area contributed by atoms with E-state index in [9.17, 15) is 14.4 Å². The molecule has 2 heterocycles. The fraction of sp³-hybridized carbons (Fsp3) is 0.464. The summed E-state index contributed by atoms with van der Waals surface area (Å²) in [5.41, 5.74) is 3.26. The van der Waals surface area contributed by atoms with Gasteiger partial charge in [-0.25, -0.2) is 0 Å². The summed E-state index contributed by atoms with van der Waals surface area (Å²) >= 11 is 0. The van der Waals surface area contributed by atoms with Crippen LogP contribution in [0, 0.1) is 19.8 Å². The minimum absolute atomic E-state index is 0.00366. The number of carbonyl (C=O) groups is 3. The van der Waals surface area contributed by atoms with Gasteiger partial charge >= 0.3 is 0 Å². The maximum Gasteiger partial charge on any atom is 0.253 e. The summed E-state index contributed by atoms with van der Waals surface area (Å²) in [5, 5.41) is 3.09. The van der Waals surface area contributed by atoms with Crippen LogP contribution in [0.25, 0.3) is 0 Å². The first-order valence-corrected chi connectivity index (χ1v) is 12.5. The van der Waals surface area contributed by atoms with E-state index in [1.54, 1.807) is 6.07 Å². The summed E-state index contributed by atoms with van der Waals surface area (Å²) in [6.07, 6.45) is 4.54. The molecule has 3 amide bonds. The van der Waals surface area contributed by atoms with Crippen molar-refractivity contribution in [3.05, 3.63) is 70.8 Å². The molecule has 4 rings (SSSR count). The topological polar surface area (TPSA) is 69.7 Å². The van der Waals surface area contributed by atoms with Crippen LogP contribution in [-0.2, 0) is 4.79 Å². The summed E-state index contributed by atoms with van der Waals surface area (Å²) < 4.78 is 0. The van der Waals surface area contributed by atoms with Crippen molar-refractivity contribution in [3.8, 4) is 0 Å². The third-order valence-corrected chi connectivity index (χ3v) is 7.17. The van der Waals surface area contributed by atoms with E-state index in [2.05, 4.69) is 5.32 Å². The number of hydrogen-bond acceptors (Lipinski definition) is 3. The lowest BCUT2D eigenvalue weighted by Crippen LogP contribution is -2.55. The fourth-order valence-corrected chi connectivity index (χ4v) is 5.14. The number of likely N-dealkylation sites (tertiary alicyclic amines) is 2. The molecule has 6 nitrogen and oxygen atoms in total. The molecule has 0 spiro atoms. The molecule has 2 fully saturated rings. The number of benzene rings is 2. The lowest BCUT2D eigenvalue weighted by atomic mass is 9.87. The third kappa shape index (κ3) is 5.49. The van der Waals surface area contributed by atoms with E-state index in [1.807, 2.05) is 66.1 Å². The molecular weight excluding hydrogens is 426 g/mol. The molecule has 1 unspecified atom stereocenters. The Morgan fingerprint density at radius 2 is 1.56 bits per heavy atom. The first kappa shape index (κ1) is 24.0. The highest BCUT2D eigenvalue weighted by atomic mass is 16.2. The summed E-state index contributed by atoms with van der Waals surface area (Å²) in [4.78, 5) is 43.5. The van der Waals surface area contributed by atoms with Gasteiger partial charge in [0.1, 0.15) is 6.04 Å². The van der Waals surface area contributed by atoms with Gasteiger partial charge in [0.25, 0.3) is 11.8 Å². The van der Waals surface area contributed by atoms with E-state index in [0.717, 1.165) is 43.5 Å². The van der Waals surface area contributed by atoms with Crippen molar-refractivity contribution < 1.29 is 14.4 Å². The summed E-state index contributed by atoms with van der Waals surface area (Å²) in [7, 11) is 0. The quantitative estimate of drug-likeness (QED) is 0.733. The lowest BCUT2D eigenvalue weighted by molar-refractivity contribution is -0.136. The number of piperidine rings is 2. The second-order valence-electron chi connectivity index (χ2n) is 9.65. The second-order valence-corrected chi connectivity index (χ2v) is 9.65. The molecule has 0 aromatic heterocycles. The normalized spacial score (nSPS) is 17.8. The molecule has 0 radical (unpaired) electrons. The molecule has 1 atom stereocenters. The highest BCUT2D eigenvalue weighted by Gasteiger charge is 2.36. The van der Waals surface area contributed by atoms with E-state index in [-0.39, 0.29) is 23.6 Å². The van der Waals surface area contributed by atoms with Gasteiger partial charge in [-0.15, -0.1) is 0 Å². The third-order valence-electron chi connectivity index (χ3n) is 7.17. The Balaban J connectivity index is 1.47. The van der Waals surface area contributed by atoms with Crippen molar-refractivity contribution in [3.63, 3.8) is 0 Å². The average Bonchev–Trinajstić information content (AvgIpc) is 2.87. The van der Waals surface area contributed by atoms with Gasteiger partial charge in [-0.05, 0) is 75.6 Å². The van der Waals surface area contributed by atoms with Gasteiger partial charge in [0, 0.05) is 37.3 Å². The van der Waals surface area contributed by atoms with E-state index >= 15 is 0 Å². The minimum atomic E-state index is -0.568. The summed E-state index contributed by atoms with van der Waals surface area (Å²) in [6.45, 7) is 6.56. The van der Waals surface area contributed by atoms with E-state index < -0.39 is 6.04 Å². The molecule has 2 aliphatic heterocycles. The van der Waals surface area contributed by atoms with Crippen molar-refractivity contribution in [2.24, 2.45) is 5.92 Å². The average molecular weight is 462 g/mol. The predicted molar refractivity (Wildman–Crippen MR) is 133 cm³/mol. The molecular formula is C28H35N3O3. The van der Waals surface area contributed by atoms with Crippen LogP contribution in [0.15, 0.2) is 48.5 Å². The number of amides is 3. The molecule has 34 heavy (non-hydrogen) atoms. The Labute approximate surface area is 202 Å². The van der Waals surface area contributed by atoms with Gasteiger partial charge in [0.15, 0.2) is 0 Å². The van der Waals surface area contributed by atoms with Crippen molar-refractivity contribution in [1.82, 2.24) is 15.1 Å². The SMILES string of the molecule is Cc1cccc(C(=O)N2CCC(C(NC(=O)c3ccccc3C)C(=O)N3CCCCC3)CC2)c1. The Bertz CT molecular complexity index is 1040. The van der Waals surface area contributed by atoms with Crippen LogP contribution in [0.4, 0.5) is 0 Å². The van der Waals surface area contributed by atoms with Crippen molar-refractivity contribution in [2.45, 2.75) is 52.0 Å². The number of aryl methyl sites for hydroxylation is 2. The number of hydrogen-bond donors (Lipinski definition) is 1. The van der Waals surface area contributed by atoms with E-state index in [1.165, 1.54) is 0 Å². The minimum Gasteiger partial charge on any atom is -0.341 e. The zero-order valence-electron chi connectivity index (χ0n) is 20.3. The predicted octanol–water partition coefficient (Wildman–Crippen LogP) is 3.97. The Kier molecular flexibility index (Phi) is 7.66. The second kappa shape index (κ2) is 10.9. The van der Waals surface area contributed by atoms with Crippen LogP contribution in [-0.4, -0.2) is 59.7 Å². The van der Waals surface area contributed by atoms with Gasteiger partial charge in [-0.3, -0.25) is 14.4 Å². The summed E-state index contributed by atoms with van der Waals surface area (Å²) in [6, 6.07) is 14.6. The zero-order chi connectivity index (χ0) is 24.1. The maximum absolute atomic E-state index is 13.6. The first-order chi connectivity index (χ1) is 16.4. The standard InChI is InChI=1S/C28H35N3O3/c1-20-9-8-11-23(19-20)27(33)31-17-13-22(14-18-31)25(28(34)30-15-6-3-7-16-30)29-26(32)24-12-5-4-10-21(24)2/h4-5,8-12,19,22,25H,3,6-7,13-18H2,1-2H3,(H,29,32). The smallest absolute Gasteiger partial charge is 0.253 e. The Hall–Kier alpha value is -3.15. The van der Waals surface area contributed by atoms with Crippen LogP contribution in [0.5, 0.6) is 0 Å². The molecule has 2 aromatic carbocycles. The Morgan fingerprint density at radius 1 is 0.853 bits per heavy atom. The van der Waals surface area contributed by atoms with Crippen molar-refractivity contribution in [2.75, 3.05) is 26.2 Å². The van der Waals surface area contributed by atoms with Crippen LogP contribution < -0.4 is 5.32 Å². The largest absolute Gasteiger partial charge is 0.341 e. The van der Waals surface area contributed by atoms with Crippen molar-refractivity contribution >= 4 is 17.7 Å². The highest BCUT2D eigenvalue weighted by Crippen LogP contribution is 2.25. The number of nitrogens with zero attached hydrogens (tertiary/aromatic N) is 2. The van der Waals surface area contributed by atoms with E-state index in [0.29, 0.717) is 37.1 Å². The molecule has 1 N–H and O–H groups in total. The van der Waals surface area contributed by atoms with Crippen molar-refractivity contribution in [1.29, 1.82) is 0 Å². The number of carbonyl (C=O) groups excluding carboxylic acids is 3. The van der Waals surface area contributed by atoms with Gasteiger partial charge < -0.3 is 15.1 Å². The zero-order valence-corrected chi connectivity index (χ0v) is 20.3. The molecule has 0 saturated carbocycles. The molecule has 2 aliphatic rings. The molecule has 0 aliphatic carbocycles. The van der Waals surface area contributed by atoms with Gasteiger partial charge in [-0.2, -0.15) is 0 Å². The monoisotopic (exact) mass is 461 g/mol. The molecule has 180 valence electrons. The fourth-order valence-electron chi connectivity index (χ4n) is 5.14. The molecule has 2 aromatic rings. The van der Waals surface area contributed by atoms with Gasteiger partial charge in [-0.1, -0.05) is 35.9 Å². The van der Waals surface area contributed by atoms with E-state index in [4.69, 9.17) is 0 Å². The van der Waals surface area contributed by atoms with Gasteiger partial charge in [0.05, 0.1) is 0 Å². The van der Waals surface area contributed by atoms with Gasteiger partial charge in [0.2, 0.25) is 5.91 Å². The molecule has 6 heteroatoms. The lowest BCUT2D eigenvalue weighted by Gasteiger charge is -2.38. The first-order valence-electron chi connectivity index (χ1n) is 12.5. The number of rotatable bonds is 5. The molecule has 0 bridgehead atoms. The van der Waals surface area contributed by atoms with Crippen LogP contribution in [0.3, 0.4) is 0 Å². The summed E-state index contributed by atoms with van der Waals surface area (Å²) in [5.74, 6) is -0.147. The Morgan fingerprint density at radius 3 is 2.24 bits per heavy atom. The highest BCUT2D eigenvalue weighted by molar-refractivity contribution is 5.99. The molecule has 2 saturated heterocycles. The number of nitrogens with one attached hydrogen (secondary N) is 1. The van der Waals surface area contributed by atoms with Crippen LogP contribution >= 0.6 is 0 Å². The van der Waals surface area contributed by atoms with Crippen LogP contribution in [0.2, 0.25) is 0 Å². The maximum atomic E-state index is 13.6.